The average Bonchev–Trinajstić information content (AvgIpc) is 2.54. The second kappa shape index (κ2) is 8.44. The maximum absolute atomic E-state index is 13.2. The Hall–Kier alpha value is -2.20. The zero-order chi connectivity index (χ0) is 16.7. The Bertz CT molecular complexity index is 643. The van der Waals surface area contributed by atoms with Gasteiger partial charge in [-0.25, -0.2) is 4.39 Å². The summed E-state index contributed by atoms with van der Waals surface area (Å²) in [5, 5.41) is 2.85. The summed E-state index contributed by atoms with van der Waals surface area (Å²) >= 11 is 0. The van der Waals surface area contributed by atoms with Crippen LogP contribution in [-0.2, 0) is 6.54 Å². The number of rotatable bonds is 7. The number of benzene rings is 2. The Kier molecular flexibility index (Phi) is 6.29. The number of carbonyl (C=O) groups excluding carboxylic acids is 1. The van der Waals surface area contributed by atoms with Crippen LogP contribution in [0.2, 0.25) is 0 Å². The van der Waals surface area contributed by atoms with Gasteiger partial charge < -0.3 is 10.2 Å². The van der Waals surface area contributed by atoms with Crippen molar-refractivity contribution in [3.8, 4) is 0 Å². The van der Waals surface area contributed by atoms with Crippen LogP contribution in [0.3, 0.4) is 0 Å². The quantitative estimate of drug-likeness (QED) is 0.795. The molecule has 0 unspecified atom stereocenters. The van der Waals surface area contributed by atoms with E-state index >= 15 is 0 Å². The molecule has 0 aliphatic carbocycles. The summed E-state index contributed by atoms with van der Waals surface area (Å²) in [6.45, 7) is 4.16. The fourth-order valence-corrected chi connectivity index (χ4v) is 2.46. The van der Waals surface area contributed by atoms with E-state index in [2.05, 4.69) is 29.4 Å². The van der Waals surface area contributed by atoms with Gasteiger partial charge in [0.05, 0.1) is 0 Å². The van der Waals surface area contributed by atoms with Crippen LogP contribution in [0.15, 0.2) is 48.5 Å². The van der Waals surface area contributed by atoms with E-state index in [9.17, 15) is 9.18 Å². The topological polar surface area (TPSA) is 32.3 Å². The lowest BCUT2D eigenvalue weighted by Gasteiger charge is -2.17. The standard InChI is InChI=1S/C19H23FN2O/c1-15-9-10-17(20)13-18(15)19(23)21-11-6-12-22(2)14-16-7-4-3-5-8-16/h3-5,7-10,13H,6,11-12,14H2,1-2H3,(H,21,23). The van der Waals surface area contributed by atoms with Gasteiger partial charge in [0.2, 0.25) is 0 Å². The minimum absolute atomic E-state index is 0.215. The third kappa shape index (κ3) is 5.49. The summed E-state index contributed by atoms with van der Waals surface area (Å²) in [5.74, 6) is -0.601. The third-order valence-corrected chi connectivity index (χ3v) is 3.74. The zero-order valence-electron chi connectivity index (χ0n) is 13.7. The van der Waals surface area contributed by atoms with Crippen molar-refractivity contribution >= 4 is 5.91 Å². The minimum Gasteiger partial charge on any atom is -0.352 e. The molecule has 0 aliphatic rings. The summed E-state index contributed by atoms with van der Waals surface area (Å²) < 4.78 is 13.2. The highest BCUT2D eigenvalue weighted by molar-refractivity contribution is 5.95. The molecule has 2 aromatic carbocycles. The van der Waals surface area contributed by atoms with Crippen LogP contribution in [0.1, 0.15) is 27.9 Å². The van der Waals surface area contributed by atoms with Crippen molar-refractivity contribution in [3.63, 3.8) is 0 Å². The van der Waals surface area contributed by atoms with E-state index < -0.39 is 0 Å². The average molecular weight is 314 g/mol. The van der Waals surface area contributed by atoms with E-state index in [4.69, 9.17) is 0 Å². The van der Waals surface area contributed by atoms with E-state index in [0.29, 0.717) is 12.1 Å². The first-order chi connectivity index (χ1) is 11.1. The maximum atomic E-state index is 13.2. The first-order valence-electron chi connectivity index (χ1n) is 7.83. The highest BCUT2D eigenvalue weighted by Crippen LogP contribution is 2.10. The summed E-state index contributed by atoms with van der Waals surface area (Å²) in [6.07, 6.45) is 0.851. The Morgan fingerprint density at radius 3 is 2.65 bits per heavy atom. The van der Waals surface area contributed by atoms with Gasteiger partial charge in [-0.15, -0.1) is 0 Å². The number of hydrogen-bond acceptors (Lipinski definition) is 2. The lowest BCUT2D eigenvalue weighted by Crippen LogP contribution is -2.28. The molecule has 23 heavy (non-hydrogen) atoms. The van der Waals surface area contributed by atoms with Crippen molar-refractivity contribution in [2.45, 2.75) is 19.9 Å². The van der Waals surface area contributed by atoms with E-state index in [1.54, 1.807) is 6.07 Å². The monoisotopic (exact) mass is 314 g/mol. The van der Waals surface area contributed by atoms with Gasteiger partial charge in [-0.2, -0.15) is 0 Å². The molecule has 122 valence electrons. The third-order valence-electron chi connectivity index (χ3n) is 3.74. The molecule has 0 bridgehead atoms. The molecule has 0 heterocycles. The molecule has 0 aliphatic heterocycles. The summed E-state index contributed by atoms with van der Waals surface area (Å²) in [7, 11) is 2.06. The Labute approximate surface area is 137 Å². The van der Waals surface area contributed by atoms with Gasteiger partial charge in [0, 0.05) is 18.7 Å². The molecule has 0 saturated heterocycles. The van der Waals surface area contributed by atoms with Crippen molar-refractivity contribution in [2.24, 2.45) is 0 Å². The number of halogens is 1. The number of nitrogens with zero attached hydrogens (tertiary/aromatic N) is 1. The van der Waals surface area contributed by atoms with Crippen molar-refractivity contribution < 1.29 is 9.18 Å². The number of carbonyl (C=O) groups is 1. The van der Waals surface area contributed by atoms with Gasteiger partial charge in [0.1, 0.15) is 5.82 Å². The largest absolute Gasteiger partial charge is 0.352 e. The van der Waals surface area contributed by atoms with Crippen LogP contribution in [0.4, 0.5) is 4.39 Å². The van der Waals surface area contributed by atoms with Crippen LogP contribution in [-0.4, -0.2) is 30.9 Å². The Morgan fingerprint density at radius 2 is 1.91 bits per heavy atom. The lowest BCUT2D eigenvalue weighted by molar-refractivity contribution is 0.0951. The van der Waals surface area contributed by atoms with Crippen LogP contribution in [0.5, 0.6) is 0 Å². The Balaban J connectivity index is 1.72. The van der Waals surface area contributed by atoms with Crippen molar-refractivity contribution in [1.82, 2.24) is 10.2 Å². The van der Waals surface area contributed by atoms with Gasteiger partial charge in [-0.3, -0.25) is 4.79 Å². The SMILES string of the molecule is Cc1ccc(F)cc1C(=O)NCCCN(C)Cc1ccccc1. The number of amides is 1. The van der Waals surface area contributed by atoms with Crippen molar-refractivity contribution in [3.05, 3.63) is 71.0 Å². The lowest BCUT2D eigenvalue weighted by atomic mass is 10.1. The summed E-state index contributed by atoms with van der Waals surface area (Å²) in [6, 6.07) is 14.5. The molecule has 2 aromatic rings. The second-order valence-corrected chi connectivity index (χ2v) is 5.79. The smallest absolute Gasteiger partial charge is 0.251 e. The molecule has 2 rings (SSSR count). The second-order valence-electron chi connectivity index (χ2n) is 5.79. The van der Waals surface area contributed by atoms with Crippen LogP contribution >= 0.6 is 0 Å². The highest BCUT2D eigenvalue weighted by Gasteiger charge is 2.09. The fraction of sp³-hybridized carbons (Fsp3) is 0.316. The predicted molar refractivity (Wildman–Crippen MR) is 90.9 cm³/mol. The molecule has 0 spiro atoms. The van der Waals surface area contributed by atoms with E-state index in [0.717, 1.165) is 25.1 Å². The van der Waals surface area contributed by atoms with Gasteiger partial charge in [0.15, 0.2) is 0 Å². The van der Waals surface area contributed by atoms with E-state index in [1.807, 2.05) is 25.1 Å². The van der Waals surface area contributed by atoms with Crippen LogP contribution in [0.25, 0.3) is 0 Å². The summed E-state index contributed by atoms with van der Waals surface area (Å²) in [4.78, 5) is 14.3. The fourth-order valence-electron chi connectivity index (χ4n) is 2.46. The van der Waals surface area contributed by atoms with Gasteiger partial charge in [-0.05, 0) is 50.2 Å². The highest BCUT2D eigenvalue weighted by atomic mass is 19.1. The van der Waals surface area contributed by atoms with E-state index in [-0.39, 0.29) is 11.7 Å². The molecule has 0 radical (unpaired) electrons. The Morgan fingerprint density at radius 1 is 1.17 bits per heavy atom. The van der Waals surface area contributed by atoms with Gasteiger partial charge >= 0.3 is 0 Å². The molecule has 4 heteroatoms. The number of hydrogen-bond donors (Lipinski definition) is 1. The number of aryl methyl sites for hydroxylation is 1. The van der Waals surface area contributed by atoms with Crippen molar-refractivity contribution in [2.75, 3.05) is 20.1 Å². The molecular weight excluding hydrogens is 291 g/mol. The van der Waals surface area contributed by atoms with Crippen LogP contribution < -0.4 is 5.32 Å². The van der Waals surface area contributed by atoms with Crippen LogP contribution in [0, 0.1) is 12.7 Å². The van der Waals surface area contributed by atoms with Crippen molar-refractivity contribution in [1.29, 1.82) is 0 Å². The number of nitrogens with one attached hydrogen (secondary N) is 1. The normalized spacial score (nSPS) is 10.8. The predicted octanol–water partition coefficient (Wildman–Crippen LogP) is 3.39. The van der Waals surface area contributed by atoms with Gasteiger partial charge in [-0.1, -0.05) is 36.4 Å². The molecule has 0 atom stereocenters. The molecule has 0 saturated carbocycles. The molecule has 0 aromatic heterocycles. The van der Waals surface area contributed by atoms with Gasteiger partial charge in [0.25, 0.3) is 5.91 Å². The molecule has 1 N–H and O–H groups in total. The molecule has 1 amide bonds. The zero-order valence-corrected chi connectivity index (χ0v) is 13.7. The maximum Gasteiger partial charge on any atom is 0.251 e. The van der Waals surface area contributed by atoms with E-state index in [1.165, 1.54) is 17.7 Å². The minimum atomic E-state index is -0.386. The molecule has 3 nitrogen and oxygen atoms in total. The summed E-state index contributed by atoms with van der Waals surface area (Å²) in [5.41, 5.74) is 2.46. The first-order valence-corrected chi connectivity index (χ1v) is 7.83. The molecule has 0 fully saturated rings. The molecular formula is C19H23FN2O. The first kappa shape index (κ1) is 17.2.